The molecule has 0 aliphatic rings. The maximum atomic E-state index is 11.1. The van der Waals surface area contributed by atoms with E-state index in [0.717, 1.165) is 24.3 Å². The van der Waals surface area contributed by atoms with Gasteiger partial charge in [-0.3, -0.25) is 0 Å². The molecule has 0 saturated carbocycles. The Kier molecular flexibility index (Phi) is 14.1. The van der Waals surface area contributed by atoms with Crippen molar-refractivity contribution < 1.29 is 28.9 Å². The number of rotatable bonds is 17. The van der Waals surface area contributed by atoms with Crippen molar-refractivity contribution in [3.63, 3.8) is 0 Å². The van der Waals surface area contributed by atoms with Gasteiger partial charge >= 0.3 is 11.9 Å². The summed E-state index contributed by atoms with van der Waals surface area (Å²) in [6, 6.07) is 8.18. The second-order valence-corrected chi connectivity index (χ2v) is 6.82. The molecule has 0 bridgehead atoms. The van der Waals surface area contributed by atoms with Gasteiger partial charge < -0.3 is 19.3 Å². The summed E-state index contributed by atoms with van der Waals surface area (Å²) in [5, 5.41) is 8.39. The van der Waals surface area contributed by atoms with Gasteiger partial charge in [0.15, 0.2) is 0 Å². The van der Waals surface area contributed by atoms with Gasteiger partial charge in [0.25, 0.3) is 0 Å². The summed E-state index contributed by atoms with van der Waals surface area (Å²) in [4.78, 5) is 21.4. The third kappa shape index (κ3) is 14.3. The molecular weight excluding hydrogens is 372 g/mol. The van der Waals surface area contributed by atoms with Crippen molar-refractivity contribution in [2.24, 2.45) is 0 Å². The molecule has 0 saturated heterocycles. The minimum Gasteiger partial charge on any atom is -0.491 e. The van der Waals surface area contributed by atoms with Gasteiger partial charge in [-0.05, 0) is 30.5 Å². The fourth-order valence-corrected chi connectivity index (χ4v) is 2.75. The van der Waals surface area contributed by atoms with Crippen LogP contribution in [-0.4, -0.2) is 43.5 Å². The second kappa shape index (κ2) is 16.6. The Morgan fingerprint density at radius 2 is 1.52 bits per heavy atom. The summed E-state index contributed by atoms with van der Waals surface area (Å²) in [6.07, 6.45) is 11.9. The summed E-state index contributed by atoms with van der Waals surface area (Å²) in [6.45, 7) is 3.32. The summed E-state index contributed by atoms with van der Waals surface area (Å²) in [5.41, 5.74) is 1.33. The maximum Gasteiger partial charge on any atom is 0.331 e. The fraction of sp³-hybridized carbons (Fsp3) is 0.565. The van der Waals surface area contributed by atoms with Crippen LogP contribution in [0, 0.1) is 0 Å². The molecule has 0 atom stereocenters. The monoisotopic (exact) mass is 406 g/mol. The van der Waals surface area contributed by atoms with Gasteiger partial charge in [0, 0.05) is 12.2 Å². The van der Waals surface area contributed by atoms with Gasteiger partial charge in [-0.25, -0.2) is 9.59 Å². The average molecular weight is 407 g/mol. The van der Waals surface area contributed by atoms with Crippen LogP contribution in [0.1, 0.15) is 57.4 Å². The standard InChI is InChI=1S/C23H34O6/c1-2-3-4-5-6-7-8-9-20-10-12-21(13-11-20)28-18-16-27-17-19-29-23(26)15-14-22(24)25/h10-15H,2-9,16-19H2,1H3,(H,24,25)/b15-14-. The Labute approximate surface area is 173 Å². The topological polar surface area (TPSA) is 82.1 Å². The molecule has 29 heavy (non-hydrogen) atoms. The molecule has 162 valence electrons. The van der Waals surface area contributed by atoms with Crippen LogP contribution in [0.3, 0.4) is 0 Å². The molecule has 1 aromatic carbocycles. The molecule has 0 fully saturated rings. The molecule has 0 aliphatic carbocycles. The lowest BCUT2D eigenvalue weighted by Gasteiger charge is -2.08. The minimum atomic E-state index is -1.19. The van der Waals surface area contributed by atoms with Crippen LogP contribution in [0.25, 0.3) is 0 Å². The first-order valence-corrected chi connectivity index (χ1v) is 10.5. The highest BCUT2D eigenvalue weighted by molar-refractivity contribution is 5.90. The molecule has 1 N–H and O–H groups in total. The van der Waals surface area contributed by atoms with E-state index in [2.05, 4.69) is 19.1 Å². The lowest BCUT2D eigenvalue weighted by atomic mass is 10.0. The molecule has 1 aromatic rings. The molecular formula is C23H34O6. The van der Waals surface area contributed by atoms with Gasteiger partial charge in [-0.2, -0.15) is 0 Å². The van der Waals surface area contributed by atoms with Gasteiger partial charge in [-0.1, -0.05) is 57.6 Å². The van der Waals surface area contributed by atoms with E-state index in [1.54, 1.807) is 0 Å². The summed E-state index contributed by atoms with van der Waals surface area (Å²) in [7, 11) is 0. The third-order valence-corrected chi connectivity index (χ3v) is 4.32. The SMILES string of the molecule is CCCCCCCCCc1ccc(OCCOCCOC(=O)/C=C\C(=O)O)cc1. The predicted octanol–water partition coefficient (Wildman–Crippen LogP) is 4.56. The lowest BCUT2D eigenvalue weighted by Crippen LogP contribution is -2.12. The van der Waals surface area contributed by atoms with E-state index in [9.17, 15) is 9.59 Å². The fourth-order valence-electron chi connectivity index (χ4n) is 2.75. The first-order valence-electron chi connectivity index (χ1n) is 10.5. The van der Waals surface area contributed by atoms with Crippen molar-refractivity contribution in [3.8, 4) is 5.75 Å². The number of carbonyl (C=O) groups excluding carboxylic acids is 1. The number of hydrogen-bond acceptors (Lipinski definition) is 5. The van der Waals surface area contributed by atoms with Gasteiger partial charge in [-0.15, -0.1) is 0 Å². The number of esters is 1. The molecule has 0 heterocycles. The summed E-state index contributed by atoms with van der Waals surface area (Å²) >= 11 is 0. The highest BCUT2D eigenvalue weighted by Crippen LogP contribution is 2.15. The first kappa shape index (κ1) is 24.7. The Balaban J connectivity index is 2.02. The number of ether oxygens (including phenoxy) is 3. The molecule has 1 rings (SSSR count). The Hall–Kier alpha value is -2.34. The zero-order chi connectivity index (χ0) is 21.2. The minimum absolute atomic E-state index is 0.0656. The number of hydrogen-bond donors (Lipinski definition) is 1. The Morgan fingerprint density at radius 1 is 0.862 bits per heavy atom. The van der Waals surface area contributed by atoms with Crippen LogP contribution in [0.2, 0.25) is 0 Å². The summed E-state index contributed by atoms with van der Waals surface area (Å²) in [5.74, 6) is -1.09. The lowest BCUT2D eigenvalue weighted by molar-refractivity contribution is -0.140. The van der Waals surface area contributed by atoms with E-state index in [-0.39, 0.29) is 13.2 Å². The number of aryl methyl sites for hydroxylation is 1. The Bertz CT molecular complexity index is 594. The van der Waals surface area contributed by atoms with Crippen molar-refractivity contribution in [1.82, 2.24) is 0 Å². The van der Waals surface area contributed by atoms with E-state index >= 15 is 0 Å². The maximum absolute atomic E-state index is 11.1. The van der Waals surface area contributed by atoms with Gasteiger partial charge in [0.1, 0.15) is 19.0 Å². The predicted molar refractivity (Wildman–Crippen MR) is 112 cm³/mol. The highest BCUT2D eigenvalue weighted by atomic mass is 16.6. The zero-order valence-electron chi connectivity index (χ0n) is 17.4. The number of carboxylic acids is 1. The second-order valence-electron chi connectivity index (χ2n) is 6.82. The third-order valence-electron chi connectivity index (χ3n) is 4.32. The molecule has 0 spiro atoms. The van der Waals surface area contributed by atoms with E-state index < -0.39 is 11.9 Å². The van der Waals surface area contributed by atoms with E-state index in [4.69, 9.17) is 19.3 Å². The quantitative estimate of drug-likeness (QED) is 0.232. The van der Waals surface area contributed by atoms with Crippen LogP contribution >= 0.6 is 0 Å². The van der Waals surface area contributed by atoms with Crippen LogP contribution in [0.15, 0.2) is 36.4 Å². The molecule has 0 amide bonds. The number of carboxylic acid groups (broad SMARTS) is 1. The molecule has 0 aliphatic heterocycles. The van der Waals surface area contributed by atoms with Crippen molar-refractivity contribution in [2.75, 3.05) is 26.4 Å². The average Bonchev–Trinajstić information content (AvgIpc) is 2.72. The number of carbonyl (C=O) groups is 2. The molecule has 0 unspecified atom stereocenters. The van der Waals surface area contributed by atoms with E-state index in [1.807, 2.05) is 12.1 Å². The van der Waals surface area contributed by atoms with E-state index in [1.165, 1.54) is 50.5 Å². The number of benzene rings is 1. The molecule has 6 nitrogen and oxygen atoms in total. The zero-order valence-corrected chi connectivity index (χ0v) is 17.4. The van der Waals surface area contributed by atoms with Crippen molar-refractivity contribution in [1.29, 1.82) is 0 Å². The highest BCUT2D eigenvalue weighted by Gasteiger charge is 2.00. The van der Waals surface area contributed by atoms with Crippen LogP contribution in [0.4, 0.5) is 0 Å². The molecule has 0 radical (unpaired) electrons. The van der Waals surface area contributed by atoms with Crippen molar-refractivity contribution >= 4 is 11.9 Å². The van der Waals surface area contributed by atoms with Crippen molar-refractivity contribution in [3.05, 3.63) is 42.0 Å². The number of aliphatic carboxylic acids is 1. The molecule has 0 aromatic heterocycles. The molecule has 6 heteroatoms. The van der Waals surface area contributed by atoms with Crippen LogP contribution < -0.4 is 4.74 Å². The van der Waals surface area contributed by atoms with Gasteiger partial charge in [0.05, 0.1) is 13.2 Å². The smallest absolute Gasteiger partial charge is 0.331 e. The normalized spacial score (nSPS) is 10.9. The van der Waals surface area contributed by atoms with Gasteiger partial charge in [0.2, 0.25) is 0 Å². The van der Waals surface area contributed by atoms with E-state index in [0.29, 0.717) is 13.2 Å². The van der Waals surface area contributed by atoms with Crippen LogP contribution in [0.5, 0.6) is 5.75 Å². The summed E-state index contributed by atoms with van der Waals surface area (Å²) < 4.78 is 15.7. The first-order chi connectivity index (χ1) is 14.1. The Morgan fingerprint density at radius 3 is 2.21 bits per heavy atom. The van der Waals surface area contributed by atoms with Crippen LogP contribution in [-0.2, 0) is 25.5 Å². The largest absolute Gasteiger partial charge is 0.491 e. The van der Waals surface area contributed by atoms with Crippen molar-refractivity contribution in [2.45, 2.75) is 58.3 Å². The number of unbranched alkanes of at least 4 members (excludes halogenated alkanes) is 6.